The third-order valence-corrected chi connectivity index (χ3v) is 14.3. The van der Waals surface area contributed by atoms with Crippen LogP contribution >= 0.6 is 34.7 Å². The lowest BCUT2D eigenvalue weighted by Gasteiger charge is -2.32. The molecule has 3 heterocycles. The standard InChI is InChI=1S/C47H69ClN12O9S2/c1-5-59(6-2)45(68)31(12-7-19-52-47(50)51)54-43(66)36-13-8-20-60(36)46(69)35-26-70-21-10-14-38(62)53-32(23-28-15-17-29(48)18-16-28)40(63)55-33(24-30-11-9-22-71-30)42(65)58-39(27(3)4)44(67)56-34(25-37(49)61)41(64)57-35/h9,11,15-18,22,27,31-36,39H,5-8,10,12-14,19-21,23-26H2,1-4H3,(H2,49,61)(H,53,62)(H,54,66)(H,55,63)(H,56,67)(H,57,64)(H,58,65)(H4,50,51,52)/t31-,32?,33+,34+,35?,36+,39?/m1/s1. The highest BCUT2D eigenvalue weighted by Crippen LogP contribution is 2.22. The second-order valence-electron chi connectivity index (χ2n) is 17.7. The van der Waals surface area contributed by atoms with Gasteiger partial charge in [0.05, 0.1) is 6.42 Å². The molecule has 21 nitrogen and oxygen atoms in total. The number of hydrogen-bond donors (Lipinski definition) is 9. The number of hydrogen-bond acceptors (Lipinski definition) is 12. The van der Waals surface area contributed by atoms with E-state index in [-0.39, 0.29) is 69.2 Å². The van der Waals surface area contributed by atoms with Crippen LogP contribution in [0.2, 0.25) is 5.02 Å². The van der Waals surface area contributed by atoms with Gasteiger partial charge >= 0.3 is 0 Å². The minimum atomic E-state index is -1.61. The Labute approximate surface area is 427 Å². The van der Waals surface area contributed by atoms with Crippen molar-refractivity contribution < 1.29 is 43.2 Å². The summed E-state index contributed by atoms with van der Waals surface area (Å²) in [6, 6.07) is 1.80. The molecule has 2 saturated heterocycles. The molecule has 4 rings (SSSR count). The number of aliphatic imine (C=N–C) groups is 1. The van der Waals surface area contributed by atoms with Gasteiger partial charge in [0, 0.05) is 61.1 Å². The predicted molar refractivity (Wildman–Crippen MR) is 273 cm³/mol. The number of likely N-dealkylation sites (N-methyl/N-ethyl adjacent to an activating group) is 1. The molecule has 0 spiro atoms. The highest BCUT2D eigenvalue weighted by atomic mass is 35.5. The first kappa shape index (κ1) is 57.6. The number of rotatable bonds is 17. The summed E-state index contributed by atoms with van der Waals surface area (Å²) in [6.07, 6.45) is 0.946. The van der Waals surface area contributed by atoms with Gasteiger partial charge in [0.15, 0.2) is 5.96 Å². The van der Waals surface area contributed by atoms with Gasteiger partial charge in [-0.2, -0.15) is 11.8 Å². The van der Waals surface area contributed by atoms with Gasteiger partial charge in [-0.25, -0.2) is 0 Å². The monoisotopic (exact) mass is 1040 g/mol. The Balaban J connectivity index is 1.66. The van der Waals surface area contributed by atoms with Crippen molar-refractivity contribution in [1.82, 2.24) is 41.7 Å². The van der Waals surface area contributed by atoms with Gasteiger partial charge in [0.1, 0.15) is 42.3 Å². The van der Waals surface area contributed by atoms with Crippen molar-refractivity contribution in [3.05, 3.63) is 57.2 Å². The van der Waals surface area contributed by atoms with Crippen LogP contribution in [0.15, 0.2) is 46.8 Å². The van der Waals surface area contributed by atoms with Gasteiger partial charge in [-0.05, 0) is 86.8 Å². The molecule has 1 aromatic carbocycles. The average molecular weight is 1050 g/mol. The second-order valence-corrected chi connectivity index (χ2v) is 20.3. The zero-order valence-electron chi connectivity index (χ0n) is 40.7. The number of thioether (sulfide) groups is 1. The van der Waals surface area contributed by atoms with Crippen LogP contribution in [0.4, 0.5) is 0 Å². The number of thiophene rings is 1. The number of likely N-dealkylation sites (tertiary alicyclic amines) is 1. The van der Waals surface area contributed by atoms with Crippen LogP contribution in [0.3, 0.4) is 0 Å². The summed E-state index contributed by atoms with van der Waals surface area (Å²) < 4.78 is 0. The molecule has 24 heteroatoms. The fourth-order valence-corrected chi connectivity index (χ4v) is 10.0. The first-order valence-electron chi connectivity index (χ1n) is 23.9. The number of carbonyl (C=O) groups excluding carboxylic acids is 9. The average Bonchev–Trinajstić information content (AvgIpc) is 4.04. The molecule has 3 unspecified atom stereocenters. The Hall–Kier alpha value is -5.94. The summed E-state index contributed by atoms with van der Waals surface area (Å²) in [7, 11) is 0. The van der Waals surface area contributed by atoms with E-state index >= 15 is 0 Å². The van der Waals surface area contributed by atoms with Crippen LogP contribution in [0, 0.1) is 5.92 Å². The molecule has 0 aliphatic carbocycles. The zero-order chi connectivity index (χ0) is 52.2. The van der Waals surface area contributed by atoms with Crippen LogP contribution < -0.4 is 49.1 Å². The van der Waals surface area contributed by atoms with Crippen LogP contribution in [0.25, 0.3) is 0 Å². The fourth-order valence-electron chi connectivity index (χ4n) is 8.17. The predicted octanol–water partition coefficient (Wildman–Crippen LogP) is 0.0669. The van der Waals surface area contributed by atoms with Gasteiger partial charge < -0.3 is 58.9 Å². The number of amides is 9. The largest absolute Gasteiger partial charge is 0.370 e. The lowest BCUT2D eigenvalue weighted by molar-refractivity contribution is -0.143. The Morgan fingerprint density at radius 3 is 2.15 bits per heavy atom. The maximum Gasteiger partial charge on any atom is 0.246 e. The normalized spacial score (nSPS) is 22.5. The van der Waals surface area contributed by atoms with Gasteiger partial charge in [-0.3, -0.25) is 48.1 Å². The van der Waals surface area contributed by atoms with Crippen LogP contribution in [0.5, 0.6) is 0 Å². The molecular weight excluding hydrogens is 976 g/mol. The molecule has 0 radical (unpaired) electrons. The summed E-state index contributed by atoms with van der Waals surface area (Å²) in [4.78, 5) is 133. The number of nitrogens with one attached hydrogen (secondary N) is 6. The first-order chi connectivity index (χ1) is 33.8. The molecule has 12 N–H and O–H groups in total. The van der Waals surface area contributed by atoms with E-state index in [9.17, 15) is 43.2 Å². The van der Waals surface area contributed by atoms with Crippen molar-refractivity contribution in [1.29, 1.82) is 0 Å². The third kappa shape index (κ3) is 18.3. The summed E-state index contributed by atoms with van der Waals surface area (Å²) >= 11 is 8.72. The van der Waals surface area contributed by atoms with Gasteiger partial charge in [-0.1, -0.05) is 43.6 Å². The number of nitrogens with two attached hydrogens (primary N) is 3. The van der Waals surface area contributed by atoms with Crippen molar-refractivity contribution in [2.75, 3.05) is 37.7 Å². The molecule has 2 aliphatic heterocycles. The Kier molecular flexibility index (Phi) is 23.4. The summed E-state index contributed by atoms with van der Waals surface area (Å²) in [5.41, 5.74) is 17.2. The van der Waals surface area contributed by atoms with Crippen LogP contribution in [-0.2, 0) is 56.0 Å². The molecule has 9 amide bonds. The van der Waals surface area contributed by atoms with Gasteiger partial charge in [0.25, 0.3) is 0 Å². The lowest BCUT2D eigenvalue weighted by Crippen LogP contribution is -2.61. The minimum Gasteiger partial charge on any atom is -0.370 e. The van der Waals surface area contributed by atoms with Crippen molar-refractivity contribution in [3.8, 4) is 0 Å². The Morgan fingerprint density at radius 1 is 0.859 bits per heavy atom. The van der Waals surface area contributed by atoms with E-state index in [1.165, 1.54) is 28.0 Å². The van der Waals surface area contributed by atoms with Crippen molar-refractivity contribution in [2.24, 2.45) is 28.1 Å². The number of benzene rings is 1. The fraction of sp³-hybridized carbons (Fsp3) is 0.574. The smallest absolute Gasteiger partial charge is 0.246 e. The van der Waals surface area contributed by atoms with E-state index in [0.717, 1.165) is 4.88 Å². The van der Waals surface area contributed by atoms with Gasteiger partial charge in [-0.15, -0.1) is 11.3 Å². The van der Waals surface area contributed by atoms with Crippen molar-refractivity contribution in [3.63, 3.8) is 0 Å². The maximum atomic E-state index is 14.6. The highest BCUT2D eigenvalue weighted by Gasteiger charge is 2.41. The summed E-state index contributed by atoms with van der Waals surface area (Å²) in [6.45, 7) is 8.11. The van der Waals surface area contributed by atoms with Crippen molar-refractivity contribution in [2.45, 2.75) is 128 Å². The second kappa shape index (κ2) is 28.8. The van der Waals surface area contributed by atoms with E-state index in [1.807, 2.05) is 19.2 Å². The van der Waals surface area contributed by atoms with E-state index in [0.29, 0.717) is 42.3 Å². The van der Waals surface area contributed by atoms with E-state index in [1.54, 1.807) is 55.1 Å². The lowest BCUT2D eigenvalue weighted by atomic mass is 10.0. The molecule has 7 atom stereocenters. The molecule has 2 aromatic rings. The molecule has 2 aliphatic rings. The van der Waals surface area contributed by atoms with Crippen LogP contribution in [-0.4, -0.2) is 149 Å². The molecule has 0 bridgehead atoms. The number of carbonyl (C=O) groups is 9. The number of guanidine groups is 1. The van der Waals surface area contributed by atoms with E-state index in [4.69, 9.17) is 28.8 Å². The molecule has 390 valence electrons. The third-order valence-electron chi connectivity index (χ3n) is 12.0. The highest BCUT2D eigenvalue weighted by molar-refractivity contribution is 7.99. The molecule has 0 saturated carbocycles. The molecule has 1 aromatic heterocycles. The molecular formula is C47H69ClN12O9S2. The van der Waals surface area contributed by atoms with Crippen molar-refractivity contribution >= 4 is 93.8 Å². The number of primary amides is 1. The SMILES string of the molecule is CCN(CC)C(=O)[C@@H](CCCN=C(N)N)NC(=O)[C@@H]1CCCN1C(=O)C1CSCCCC(=O)NC(Cc2ccc(Cl)cc2)C(=O)N[C@@H](Cc2cccs2)C(=O)NC(C(C)C)C(=O)N[C@@H](CC(N)=O)C(=O)N1. The zero-order valence-corrected chi connectivity index (χ0v) is 43.1. The summed E-state index contributed by atoms with van der Waals surface area (Å²) in [5.74, 6) is -6.53. The van der Waals surface area contributed by atoms with Crippen LogP contribution in [0.1, 0.15) is 83.1 Å². The summed E-state index contributed by atoms with van der Waals surface area (Å²) in [5, 5.41) is 18.7. The molecule has 71 heavy (non-hydrogen) atoms. The Bertz CT molecular complexity index is 2190. The van der Waals surface area contributed by atoms with E-state index in [2.05, 4.69) is 36.9 Å². The first-order valence-corrected chi connectivity index (χ1v) is 26.3. The maximum absolute atomic E-state index is 14.6. The number of nitrogens with zero attached hydrogens (tertiary/aromatic N) is 3. The Morgan fingerprint density at radius 2 is 1.52 bits per heavy atom. The quantitative estimate of drug-likeness (QED) is 0.0578. The topological polar surface area (TPSA) is 323 Å². The number of halogens is 1. The molecule has 2 fully saturated rings. The van der Waals surface area contributed by atoms with E-state index < -0.39 is 102 Å². The van der Waals surface area contributed by atoms with Gasteiger partial charge in [0.2, 0.25) is 53.2 Å². The minimum absolute atomic E-state index is 0.0298.